The molecule has 1 aliphatic heterocycles. The monoisotopic (exact) mass is 405 g/mol. The van der Waals surface area contributed by atoms with Crippen LogP contribution in [-0.2, 0) is 6.54 Å². The first-order valence-electron chi connectivity index (χ1n) is 10.5. The molecule has 5 nitrogen and oxygen atoms in total. The molecule has 2 atom stereocenters. The summed E-state index contributed by atoms with van der Waals surface area (Å²) >= 11 is 0. The number of piperidine rings is 1. The molecular formula is C24H24FN3O2. The van der Waals surface area contributed by atoms with Crippen molar-refractivity contribution in [3.63, 3.8) is 0 Å². The van der Waals surface area contributed by atoms with Gasteiger partial charge in [0.15, 0.2) is 0 Å². The average molecular weight is 405 g/mol. The third-order valence-electron chi connectivity index (χ3n) is 6.54. The van der Waals surface area contributed by atoms with Gasteiger partial charge in [0.1, 0.15) is 5.82 Å². The van der Waals surface area contributed by atoms with Crippen LogP contribution in [0.2, 0.25) is 0 Å². The molecule has 6 heteroatoms. The third-order valence-corrected chi connectivity index (χ3v) is 6.54. The largest absolute Gasteiger partial charge is 0.370 e. The number of aryl methyl sites for hydroxylation is 1. The molecule has 2 aromatic carbocycles. The van der Waals surface area contributed by atoms with Crippen molar-refractivity contribution in [2.75, 3.05) is 18.0 Å². The SMILES string of the molecule is CCn1c(=O)[nH]c(=O)c2c(N3CC[C@H]4CC=C[C@H]4C3)cc(-c3ccc(F)cc3)cc21. The molecule has 30 heavy (non-hydrogen) atoms. The summed E-state index contributed by atoms with van der Waals surface area (Å²) in [5.41, 5.74) is 2.42. The molecule has 154 valence electrons. The van der Waals surface area contributed by atoms with Gasteiger partial charge in [0.25, 0.3) is 5.56 Å². The third kappa shape index (κ3) is 3.07. The second kappa shape index (κ2) is 7.27. The number of allylic oxidation sites excluding steroid dienone is 1. The van der Waals surface area contributed by atoms with Crippen LogP contribution >= 0.6 is 0 Å². The zero-order valence-electron chi connectivity index (χ0n) is 16.9. The Morgan fingerprint density at radius 1 is 1.13 bits per heavy atom. The molecule has 1 aliphatic carbocycles. The Morgan fingerprint density at radius 2 is 1.93 bits per heavy atom. The van der Waals surface area contributed by atoms with Crippen molar-refractivity contribution in [1.82, 2.24) is 9.55 Å². The predicted octanol–water partition coefficient (Wildman–Crippen LogP) is 3.92. The molecule has 1 N–H and O–H groups in total. The number of hydrogen-bond donors (Lipinski definition) is 1. The molecular weight excluding hydrogens is 381 g/mol. The minimum atomic E-state index is -0.408. The van der Waals surface area contributed by atoms with E-state index in [0.717, 1.165) is 42.7 Å². The highest BCUT2D eigenvalue weighted by atomic mass is 19.1. The van der Waals surface area contributed by atoms with Crippen molar-refractivity contribution in [1.29, 1.82) is 0 Å². The molecule has 1 saturated heterocycles. The zero-order chi connectivity index (χ0) is 20.8. The number of nitrogens with one attached hydrogen (secondary N) is 1. The van der Waals surface area contributed by atoms with E-state index in [9.17, 15) is 14.0 Å². The summed E-state index contributed by atoms with van der Waals surface area (Å²) in [4.78, 5) is 30.1. The van der Waals surface area contributed by atoms with Crippen LogP contribution in [-0.4, -0.2) is 22.6 Å². The molecule has 0 bridgehead atoms. The van der Waals surface area contributed by atoms with Gasteiger partial charge in [-0.1, -0.05) is 24.3 Å². The number of H-pyrrole nitrogens is 1. The highest BCUT2D eigenvalue weighted by Gasteiger charge is 2.31. The van der Waals surface area contributed by atoms with Gasteiger partial charge < -0.3 is 4.90 Å². The van der Waals surface area contributed by atoms with Crippen LogP contribution in [0.5, 0.6) is 0 Å². The molecule has 0 unspecified atom stereocenters. The van der Waals surface area contributed by atoms with Gasteiger partial charge in [0.2, 0.25) is 0 Å². The van der Waals surface area contributed by atoms with E-state index in [1.165, 1.54) is 12.1 Å². The normalized spacial score (nSPS) is 20.7. The fraction of sp³-hybridized carbons (Fsp3) is 0.333. The first-order chi connectivity index (χ1) is 14.5. The number of benzene rings is 2. The van der Waals surface area contributed by atoms with E-state index in [0.29, 0.717) is 29.3 Å². The first-order valence-corrected chi connectivity index (χ1v) is 10.5. The molecule has 3 aromatic rings. The van der Waals surface area contributed by atoms with Crippen molar-refractivity contribution in [2.45, 2.75) is 26.3 Å². The number of hydrogen-bond acceptors (Lipinski definition) is 3. The van der Waals surface area contributed by atoms with Crippen molar-refractivity contribution in [3.05, 3.63) is 75.2 Å². The topological polar surface area (TPSA) is 58.1 Å². The smallest absolute Gasteiger partial charge is 0.328 e. The highest BCUT2D eigenvalue weighted by molar-refractivity contribution is 5.95. The van der Waals surface area contributed by atoms with E-state index in [1.807, 2.05) is 19.1 Å². The number of anilines is 1. The standard InChI is InChI=1S/C24H24FN3O2/c1-2-28-21-13-18(16-6-8-19(25)9-7-16)12-20(22(21)23(29)26-24(28)30)27-11-10-15-4-3-5-17(15)14-27/h3,5-9,12-13,15,17H,2,4,10-11,14H2,1H3,(H,26,29,30)/t15-,17+/m1/s1. The minimum absolute atomic E-state index is 0.295. The van der Waals surface area contributed by atoms with Crippen LogP contribution in [0.25, 0.3) is 22.0 Å². The summed E-state index contributed by atoms with van der Waals surface area (Å²) in [5, 5.41) is 0.544. The summed E-state index contributed by atoms with van der Waals surface area (Å²) in [7, 11) is 0. The van der Waals surface area contributed by atoms with Crippen molar-refractivity contribution < 1.29 is 4.39 Å². The van der Waals surface area contributed by atoms with Gasteiger partial charge in [-0.25, -0.2) is 9.18 Å². The van der Waals surface area contributed by atoms with Crippen LogP contribution in [0.3, 0.4) is 0 Å². The van der Waals surface area contributed by atoms with Crippen molar-refractivity contribution in [2.24, 2.45) is 11.8 Å². The maximum absolute atomic E-state index is 13.5. The van der Waals surface area contributed by atoms with E-state index in [-0.39, 0.29) is 11.4 Å². The Hall–Kier alpha value is -3.15. The molecule has 0 amide bonds. The summed E-state index contributed by atoms with van der Waals surface area (Å²) < 4.78 is 15.1. The lowest BCUT2D eigenvalue weighted by molar-refractivity contribution is 0.352. The Bertz CT molecular complexity index is 1260. The number of fused-ring (bicyclic) bond motifs is 2. The summed E-state index contributed by atoms with van der Waals surface area (Å²) in [6, 6.07) is 10.2. The van der Waals surface area contributed by atoms with Gasteiger partial charge in [0, 0.05) is 19.6 Å². The molecule has 2 heterocycles. The van der Waals surface area contributed by atoms with Crippen LogP contribution < -0.4 is 16.1 Å². The maximum Gasteiger partial charge on any atom is 0.328 e. The highest BCUT2D eigenvalue weighted by Crippen LogP contribution is 2.38. The van der Waals surface area contributed by atoms with Gasteiger partial charge in [0.05, 0.1) is 16.6 Å². The summed E-state index contributed by atoms with van der Waals surface area (Å²) in [6.07, 6.45) is 6.75. The van der Waals surface area contributed by atoms with Gasteiger partial charge in [-0.15, -0.1) is 0 Å². The van der Waals surface area contributed by atoms with Crippen molar-refractivity contribution >= 4 is 16.6 Å². The average Bonchev–Trinajstić information content (AvgIpc) is 3.21. The van der Waals surface area contributed by atoms with Crippen LogP contribution in [0, 0.1) is 17.7 Å². The van der Waals surface area contributed by atoms with E-state index in [4.69, 9.17) is 0 Å². The van der Waals surface area contributed by atoms with Crippen LogP contribution in [0.4, 0.5) is 10.1 Å². The van der Waals surface area contributed by atoms with E-state index in [1.54, 1.807) is 16.7 Å². The van der Waals surface area contributed by atoms with Crippen LogP contribution in [0.1, 0.15) is 19.8 Å². The second-order valence-electron chi connectivity index (χ2n) is 8.22. The molecule has 0 radical (unpaired) electrons. The van der Waals surface area contributed by atoms with Gasteiger partial charge in [-0.05, 0) is 67.0 Å². The van der Waals surface area contributed by atoms with Crippen molar-refractivity contribution in [3.8, 4) is 11.1 Å². The second-order valence-corrected chi connectivity index (χ2v) is 8.22. The first kappa shape index (κ1) is 18.9. The number of halogens is 1. The number of rotatable bonds is 3. The zero-order valence-corrected chi connectivity index (χ0v) is 16.9. The minimum Gasteiger partial charge on any atom is -0.370 e. The fourth-order valence-electron chi connectivity index (χ4n) is 4.95. The van der Waals surface area contributed by atoms with E-state index >= 15 is 0 Å². The number of aromatic amines is 1. The molecule has 5 rings (SSSR count). The molecule has 0 spiro atoms. The Labute approximate surface area is 173 Å². The predicted molar refractivity (Wildman–Crippen MR) is 117 cm³/mol. The van der Waals surface area contributed by atoms with Gasteiger partial charge in [-0.2, -0.15) is 0 Å². The van der Waals surface area contributed by atoms with E-state index in [2.05, 4.69) is 22.0 Å². The molecule has 1 fully saturated rings. The Kier molecular flexibility index (Phi) is 4.57. The maximum atomic E-state index is 13.5. The van der Waals surface area contributed by atoms with E-state index < -0.39 is 5.69 Å². The summed E-state index contributed by atoms with van der Waals surface area (Å²) in [5.74, 6) is 0.871. The van der Waals surface area contributed by atoms with Gasteiger partial charge >= 0.3 is 5.69 Å². The van der Waals surface area contributed by atoms with Crippen LogP contribution in [0.15, 0.2) is 58.1 Å². The Balaban J connectivity index is 1.75. The lowest BCUT2D eigenvalue weighted by Gasteiger charge is -2.37. The molecule has 2 aliphatic rings. The molecule has 1 aromatic heterocycles. The lowest BCUT2D eigenvalue weighted by atomic mass is 9.87. The quantitative estimate of drug-likeness (QED) is 0.672. The number of nitrogens with zero attached hydrogens (tertiary/aromatic N) is 2. The van der Waals surface area contributed by atoms with Gasteiger partial charge in [-0.3, -0.25) is 14.3 Å². The fourth-order valence-corrected chi connectivity index (χ4v) is 4.95. The molecule has 0 saturated carbocycles. The lowest BCUT2D eigenvalue weighted by Crippen LogP contribution is -2.39. The number of aromatic nitrogens is 2. The Morgan fingerprint density at radius 3 is 2.70 bits per heavy atom. The summed E-state index contributed by atoms with van der Waals surface area (Å²) in [6.45, 7) is 4.06.